The van der Waals surface area contributed by atoms with Crippen LogP contribution in [0.3, 0.4) is 0 Å². The van der Waals surface area contributed by atoms with Gasteiger partial charge >= 0.3 is 0 Å². The van der Waals surface area contributed by atoms with Gasteiger partial charge in [-0.1, -0.05) is 23.4 Å². The minimum Gasteiger partial charge on any atom is -0.411 e. The number of hydrogen-bond acceptors (Lipinski definition) is 8. The third-order valence-corrected chi connectivity index (χ3v) is 4.81. The monoisotopic (exact) mass is 406 g/mol. The third-order valence-electron chi connectivity index (χ3n) is 3.67. The summed E-state index contributed by atoms with van der Waals surface area (Å²) in [4.78, 5) is 21.0. The highest BCUT2D eigenvalue weighted by Crippen LogP contribution is 2.32. The van der Waals surface area contributed by atoms with Gasteiger partial charge in [-0.3, -0.25) is 20.2 Å². The van der Waals surface area contributed by atoms with Gasteiger partial charge < -0.3 is 4.42 Å². The van der Waals surface area contributed by atoms with Crippen molar-refractivity contribution in [2.75, 3.05) is 0 Å². The second kappa shape index (κ2) is 7.72. The molecule has 0 amide bonds. The number of halogens is 1. The fourth-order valence-corrected chi connectivity index (χ4v) is 3.14. The Labute approximate surface area is 161 Å². The van der Waals surface area contributed by atoms with Crippen LogP contribution in [0.1, 0.15) is 11.1 Å². The summed E-state index contributed by atoms with van der Waals surface area (Å²) in [6, 6.07) is 9.47. The largest absolute Gasteiger partial charge is 0.411 e. The lowest BCUT2D eigenvalue weighted by Gasteiger charge is -2.03. The van der Waals surface area contributed by atoms with Crippen LogP contribution in [0.4, 0.5) is 11.4 Å². The van der Waals surface area contributed by atoms with Crippen LogP contribution in [0.15, 0.2) is 46.0 Å². The molecule has 3 aromatic rings. The standard InChI is InChI=1S/C16H11ClN4O5S/c1-9-13(20(22)23)6-10(7-14(9)21(24)25)8-27-16-19-18-15(26-16)11-2-4-12(17)5-3-11/h2-7H,8H2,1H3. The molecule has 0 saturated carbocycles. The smallest absolute Gasteiger partial charge is 0.279 e. The van der Waals surface area contributed by atoms with E-state index in [9.17, 15) is 20.2 Å². The minimum atomic E-state index is -0.637. The number of rotatable bonds is 6. The Balaban J connectivity index is 1.80. The van der Waals surface area contributed by atoms with Crippen LogP contribution in [0, 0.1) is 27.2 Å². The van der Waals surface area contributed by atoms with Gasteiger partial charge in [-0.05, 0) is 36.8 Å². The predicted octanol–water partition coefficient (Wildman–Crippen LogP) is 4.81. The molecule has 138 valence electrons. The molecule has 0 fully saturated rings. The van der Waals surface area contributed by atoms with Gasteiger partial charge in [-0.2, -0.15) is 0 Å². The van der Waals surface area contributed by atoms with E-state index in [0.717, 1.165) is 11.8 Å². The molecule has 1 heterocycles. The lowest BCUT2D eigenvalue weighted by Crippen LogP contribution is -1.99. The number of benzene rings is 2. The van der Waals surface area contributed by atoms with Crippen molar-refractivity contribution < 1.29 is 14.3 Å². The number of nitrogens with zero attached hydrogens (tertiary/aromatic N) is 4. The Hall–Kier alpha value is -2.98. The number of aromatic nitrogens is 2. The van der Waals surface area contributed by atoms with Gasteiger partial charge in [0.05, 0.1) is 9.85 Å². The summed E-state index contributed by atoms with van der Waals surface area (Å²) in [7, 11) is 0. The Bertz CT molecular complexity index is 987. The molecule has 11 heteroatoms. The normalized spacial score (nSPS) is 10.7. The SMILES string of the molecule is Cc1c([N+](=O)[O-])cc(CSc2nnc(-c3ccc(Cl)cc3)o2)cc1[N+](=O)[O-]. The zero-order chi connectivity index (χ0) is 19.6. The van der Waals surface area contributed by atoms with Gasteiger partial charge in [0.15, 0.2) is 0 Å². The maximum atomic E-state index is 11.1. The molecule has 0 bridgehead atoms. The third kappa shape index (κ3) is 4.23. The molecule has 3 rings (SSSR count). The Morgan fingerprint density at radius 1 is 1.07 bits per heavy atom. The van der Waals surface area contributed by atoms with Gasteiger partial charge in [0.25, 0.3) is 16.6 Å². The van der Waals surface area contributed by atoms with Crippen LogP contribution in [0.5, 0.6) is 0 Å². The molecule has 27 heavy (non-hydrogen) atoms. The molecule has 1 aromatic heterocycles. The molecule has 0 atom stereocenters. The van der Waals surface area contributed by atoms with Crippen molar-refractivity contribution in [2.24, 2.45) is 0 Å². The van der Waals surface area contributed by atoms with Gasteiger partial charge in [0.2, 0.25) is 5.89 Å². The predicted molar refractivity (Wildman–Crippen MR) is 98.8 cm³/mol. The highest BCUT2D eigenvalue weighted by molar-refractivity contribution is 7.98. The van der Waals surface area contributed by atoms with E-state index in [4.69, 9.17) is 16.0 Å². The van der Waals surface area contributed by atoms with Crippen LogP contribution in [-0.2, 0) is 5.75 Å². The highest BCUT2D eigenvalue weighted by atomic mass is 35.5. The van der Waals surface area contributed by atoms with E-state index in [0.29, 0.717) is 22.0 Å². The van der Waals surface area contributed by atoms with E-state index in [-0.39, 0.29) is 27.9 Å². The quantitative estimate of drug-likeness (QED) is 0.324. The summed E-state index contributed by atoms with van der Waals surface area (Å²) in [5.41, 5.74) is 0.525. The van der Waals surface area contributed by atoms with E-state index >= 15 is 0 Å². The molecule has 0 aliphatic carbocycles. The summed E-state index contributed by atoms with van der Waals surface area (Å²) in [6.07, 6.45) is 0. The van der Waals surface area contributed by atoms with Gasteiger partial charge in [-0.25, -0.2) is 0 Å². The molecular formula is C16H11ClN4O5S. The Kier molecular flexibility index (Phi) is 5.38. The summed E-state index contributed by atoms with van der Waals surface area (Å²) in [5.74, 6) is 0.500. The second-order valence-corrected chi connectivity index (χ2v) is 6.81. The minimum absolute atomic E-state index is 0.0153. The van der Waals surface area contributed by atoms with Gasteiger partial charge in [0.1, 0.15) is 5.56 Å². The zero-order valence-electron chi connectivity index (χ0n) is 13.8. The Morgan fingerprint density at radius 3 is 2.22 bits per heavy atom. The van der Waals surface area contributed by atoms with E-state index in [1.807, 2.05) is 0 Å². The van der Waals surface area contributed by atoms with E-state index in [2.05, 4.69) is 10.2 Å². The molecule has 0 unspecified atom stereocenters. The summed E-state index contributed by atoms with van der Waals surface area (Å²) >= 11 is 6.96. The average molecular weight is 407 g/mol. The number of hydrogen-bond donors (Lipinski definition) is 0. The lowest BCUT2D eigenvalue weighted by molar-refractivity contribution is -0.395. The van der Waals surface area contributed by atoms with Crippen molar-refractivity contribution >= 4 is 34.7 Å². The Morgan fingerprint density at radius 2 is 1.67 bits per heavy atom. The first-order valence-electron chi connectivity index (χ1n) is 7.49. The molecule has 9 nitrogen and oxygen atoms in total. The molecule has 0 spiro atoms. The topological polar surface area (TPSA) is 125 Å². The van der Waals surface area contributed by atoms with Crippen molar-refractivity contribution in [3.05, 3.63) is 72.8 Å². The number of thioether (sulfide) groups is 1. The maximum absolute atomic E-state index is 11.1. The first-order chi connectivity index (χ1) is 12.8. The van der Waals surface area contributed by atoms with Crippen LogP contribution < -0.4 is 0 Å². The molecule has 0 N–H and O–H groups in total. The van der Waals surface area contributed by atoms with E-state index in [1.165, 1.54) is 19.1 Å². The number of nitro groups is 2. The summed E-state index contributed by atoms with van der Waals surface area (Å²) in [5, 5.41) is 30.9. The maximum Gasteiger partial charge on any atom is 0.279 e. The zero-order valence-corrected chi connectivity index (χ0v) is 15.4. The second-order valence-electron chi connectivity index (χ2n) is 5.44. The first-order valence-corrected chi connectivity index (χ1v) is 8.86. The fourth-order valence-electron chi connectivity index (χ4n) is 2.33. The molecule has 0 radical (unpaired) electrons. The highest BCUT2D eigenvalue weighted by Gasteiger charge is 2.23. The van der Waals surface area contributed by atoms with Crippen LogP contribution in [0.25, 0.3) is 11.5 Å². The van der Waals surface area contributed by atoms with Crippen molar-refractivity contribution in [3.8, 4) is 11.5 Å². The van der Waals surface area contributed by atoms with Crippen LogP contribution in [-0.4, -0.2) is 20.0 Å². The first kappa shape index (κ1) is 18.8. The van der Waals surface area contributed by atoms with Crippen molar-refractivity contribution in [1.82, 2.24) is 10.2 Å². The lowest BCUT2D eigenvalue weighted by atomic mass is 10.1. The van der Waals surface area contributed by atoms with Gasteiger partial charge in [-0.15, -0.1) is 10.2 Å². The summed E-state index contributed by atoms with van der Waals surface area (Å²) < 4.78 is 5.54. The van der Waals surface area contributed by atoms with E-state index < -0.39 is 9.85 Å². The molecular weight excluding hydrogens is 396 g/mol. The van der Waals surface area contributed by atoms with Crippen molar-refractivity contribution in [2.45, 2.75) is 17.9 Å². The van der Waals surface area contributed by atoms with Crippen molar-refractivity contribution in [3.63, 3.8) is 0 Å². The van der Waals surface area contributed by atoms with Crippen LogP contribution >= 0.6 is 23.4 Å². The molecule has 0 saturated heterocycles. The van der Waals surface area contributed by atoms with Gasteiger partial charge in [0, 0.05) is 28.5 Å². The summed E-state index contributed by atoms with van der Waals surface area (Å²) in [6.45, 7) is 1.35. The number of nitro benzene ring substituents is 2. The van der Waals surface area contributed by atoms with Crippen molar-refractivity contribution in [1.29, 1.82) is 0 Å². The average Bonchev–Trinajstić information content (AvgIpc) is 3.10. The fraction of sp³-hybridized carbons (Fsp3) is 0.125. The van der Waals surface area contributed by atoms with Crippen LogP contribution in [0.2, 0.25) is 5.02 Å². The van der Waals surface area contributed by atoms with E-state index in [1.54, 1.807) is 24.3 Å². The molecule has 0 aliphatic heterocycles. The molecule has 0 aliphatic rings. The molecule has 2 aromatic carbocycles.